The smallest absolute Gasteiger partial charge is 0.213 e. The average Bonchev–Trinajstić information content (AvgIpc) is 2.40. The molecule has 1 aromatic heterocycles. The van der Waals surface area contributed by atoms with Crippen LogP contribution in [0.5, 0.6) is 0 Å². The summed E-state index contributed by atoms with van der Waals surface area (Å²) >= 11 is 0. The Bertz CT molecular complexity index is 545. The summed E-state index contributed by atoms with van der Waals surface area (Å²) in [5.74, 6) is 2.17. The SMILES string of the molecule is CCNS(=O)(=O)CCNc1nc(CC)nc(NC)c1C. The fourth-order valence-corrected chi connectivity index (χ4v) is 2.69. The summed E-state index contributed by atoms with van der Waals surface area (Å²) in [5.41, 5.74) is 0.880. The molecule has 0 unspecified atom stereocenters. The van der Waals surface area contributed by atoms with Crippen molar-refractivity contribution in [1.29, 1.82) is 0 Å². The maximum atomic E-state index is 11.6. The maximum absolute atomic E-state index is 11.6. The number of nitrogens with one attached hydrogen (secondary N) is 3. The Balaban J connectivity index is 2.77. The molecule has 3 N–H and O–H groups in total. The van der Waals surface area contributed by atoms with Crippen LogP contribution < -0.4 is 15.4 Å². The van der Waals surface area contributed by atoms with Crippen molar-refractivity contribution >= 4 is 21.7 Å². The molecule has 0 saturated carbocycles. The first-order valence-electron chi connectivity index (χ1n) is 6.70. The van der Waals surface area contributed by atoms with E-state index in [1.807, 2.05) is 13.8 Å². The molecule has 0 saturated heterocycles. The van der Waals surface area contributed by atoms with Crippen molar-refractivity contribution in [3.05, 3.63) is 11.4 Å². The van der Waals surface area contributed by atoms with Crippen LogP contribution in [-0.2, 0) is 16.4 Å². The predicted octanol–water partition coefficient (Wildman–Crippen LogP) is 0.740. The lowest BCUT2D eigenvalue weighted by molar-refractivity contribution is 0.584. The van der Waals surface area contributed by atoms with Crippen molar-refractivity contribution < 1.29 is 8.42 Å². The first-order valence-corrected chi connectivity index (χ1v) is 8.35. The number of aromatic nitrogens is 2. The molecule has 0 radical (unpaired) electrons. The van der Waals surface area contributed by atoms with Gasteiger partial charge in [0.2, 0.25) is 10.0 Å². The van der Waals surface area contributed by atoms with Gasteiger partial charge < -0.3 is 10.6 Å². The number of aryl methyl sites for hydroxylation is 1. The normalized spacial score (nSPS) is 11.4. The van der Waals surface area contributed by atoms with Gasteiger partial charge in [0, 0.05) is 32.1 Å². The zero-order chi connectivity index (χ0) is 15.2. The highest BCUT2D eigenvalue weighted by Gasteiger charge is 2.11. The third-order valence-corrected chi connectivity index (χ3v) is 4.24. The number of sulfonamides is 1. The molecule has 8 heteroatoms. The highest BCUT2D eigenvalue weighted by Crippen LogP contribution is 2.19. The average molecular weight is 301 g/mol. The van der Waals surface area contributed by atoms with E-state index in [1.54, 1.807) is 14.0 Å². The van der Waals surface area contributed by atoms with Gasteiger partial charge >= 0.3 is 0 Å². The molecule has 0 aromatic carbocycles. The van der Waals surface area contributed by atoms with Crippen molar-refractivity contribution in [2.24, 2.45) is 0 Å². The van der Waals surface area contributed by atoms with Gasteiger partial charge in [0.15, 0.2) is 0 Å². The number of anilines is 2. The molecule has 1 aromatic rings. The number of rotatable bonds is 8. The van der Waals surface area contributed by atoms with Crippen LogP contribution in [0.3, 0.4) is 0 Å². The van der Waals surface area contributed by atoms with Gasteiger partial charge in [-0.15, -0.1) is 0 Å². The van der Waals surface area contributed by atoms with E-state index in [1.165, 1.54) is 0 Å². The first kappa shape index (κ1) is 16.6. The van der Waals surface area contributed by atoms with Crippen molar-refractivity contribution in [2.75, 3.05) is 36.5 Å². The summed E-state index contributed by atoms with van der Waals surface area (Å²) in [4.78, 5) is 8.75. The molecule has 0 bridgehead atoms. The van der Waals surface area contributed by atoms with Crippen molar-refractivity contribution in [1.82, 2.24) is 14.7 Å². The molecular formula is C12H23N5O2S. The number of nitrogens with zero attached hydrogens (tertiary/aromatic N) is 2. The number of hydrogen-bond acceptors (Lipinski definition) is 6. The minimum atomic E-state index is -3.22. The largest absolute Gasteiger partial charge is 0.373 e. The van der Waals surface area contributed by atoms with Gasteiger partial charge in [-0.2, -0.15) is 0 Å². The van der Waals surface area contributed by atoms with Crippen molar-refractivity contribution in [3.8, 4) is 0 Å². The van der Waals surface area contributed by atoms with Crippen LogP contribution in [0.2, 0.25) is 0 Å². The quantitative estimate of drug-likeness (QED) is 0.655. The van der Waals surface area contributed by atoms with Crippen LogP contribution in [0.4, 0.5) is 11.6 Å². The van der Waals surface area contributed by atoms with Crippen LogP contribution in [0.1, 0.15) is 25.2 Å². The van der Waals surface area contributed by atoms with E-state index in [-0.39, 0.29) is 5.75 Å². The van der Waals surface area contributed by atoms with E-state index in [0.29, 0.717) is 18.9 Å². The van der Waals surface area contributed by atoms with E-state index in [2.05, 4.69) is 25.3 Å². The molecule has 0 aliphatic heterocycles. The molecule has 0 spiro atoms. The van der Waals surface area contributed by atoms with E-state index in [9.17, 15) is 8.42 Å². The summed E-state index contributed by atoms with van der Waals surface area (Å²) < 4.78 is 25.6. The standard InChI is InChI=1S/C12H23N5O2S/c1-5-10-16-11(13-4)9(3)12(17-10)14-7-8-20(18,19)15-6-2/h15H,5-8H2,1-4H3,(H2,13,14,16,17). The highest BCUT2D eigenvalue weighted by atomic mass is 32.2. The first-order chi connectivity index (χ1) is 9.43. The lowest BCUT2D eigenvalue weighted by Crippen LogP contribution is -2.29. The molecule has 7 nitrogen and oxygen atoms in total. The van der Waals surface area contributed by atoms with Crippen LogP contribution in [0.25, 0.3) is 0 Å². The zero-order valence-electron chi connectivity index (χ0n) is 12.4. The van der Waals surface area contributed by atoms with Gasteiger partial charge in [0.05, 0.1) is 5.75 Å². The Morgan fingerprint density at radius 2 is 1.80 bits per heavy atom. The second-order valence-electron chi connectivity index (χ2n) is 4.31. The van der Waals surface area contributed by atoms with E-state index < -0.39 is 10.0 Å². The lowest BCUT2D eigenvalue weighted by Gasteiger charge is -2.13. The molecule has 0 atom stereocenters. The minimum Gasteiger partial charge on any atom is -0.373 e. The van der Waals surface area contributed by atoms with Gasteiger partial charge in [-0.3, -0.25) is 0 Å². The van der Waals surface area contributed by atoms with Crippen LogP contribution >= 0.6 is 0 Å². The fourth-order valence-electron chi connectivity index (χ4n) is 1.73. The number of hydrogen-bond donors (Lipinski definition) is 3. The molecule has 0 aliphatic carbocycles. The van der Waals surface area contributed by atoms with Crippen molar-refractivity contribution in [2.45, 2.75) is 27.2 Å². The summed E-state index contributed by atoms with van der Waals surface area (Å²) in [5, 5.41) is 6.08. The van der Waals surface area contributed by atoms with E-state index in [4.69, 9.17) is 0 Å². The van der Waals surface area contributed by atoms with Crippen LogP contribution in [0, 0.1) is 6.92 Å². The second kappa shape index (κ2) is 7.39. The van der Waals surface area contributed by atoms with Gasteiger partial charge in [0.1, 0.15) is 17.5 Å². The summed E-state index contributed by atoms with van der Waals surface area (Å²) in [6.07, 6.45) is 0.722. The summed E-state index contributed by atoms with van der Waals surface area (Å²) in [6.45, 7) is 6.33. The van der Waals surface area contributed by atoms with Gasteiger partial charge in [-0.25, -0.2) is 23.1 Å². The monoisotopic (exact) mass is 301 g/mol. The van der Waals surface area contributed by atoms with Gasteiger partial charge in [-0.05, 0) is 6.92 Å². The highest BCUT2D eigenvalue weighted by molar-refractivity contribution is 7.89. The predicted molar refractivity (Wildman–Crippen MR) is 81.6 cm³/mol. The molecule has 20 heavy (non-hydrogen) atoms. The van der Waals surface area contributed by atoms with E-state index in [0.717, 1.165) is 23.6 Å². The Morgan fingerprint density at radius 3 is 2.35 bits per heavy atom. The molecule has 1 rings (SSSR count). The lowest BCUT2D eigenvalue weighted by atomic mass is 10.3. The Morgan fingerprint density at radius 1 is 1.15 bits per heavy atom. The topological polar surface area (TPSA) is 96.0 Å². The molecule has 114 valence electrons. The Hall–Kier alpha value is -1.41. The molecule has 0 aliphatic rings. The third-order valence-electron chi connectivity index (χ3n) is 2.77. The molecule has 0 fully saturated rings. The molecule has 0 amide bonds. The summed E-state index contributed by atoms with van der Waals surface area (Å²) in [7, 11) is -1.42. The zero-order valence-corrected chi connectivity index (χ0v) is 13.3. The minimum absolute atomic E-state index is 0.0145. The molecular weight excluding hydrogens is 278 g/mol. The Kier molecular flexibility index (Phi) is 6.15. The molecule has 1 heterocycles. The van der Waals surface area contributed by atoms with Gasteiger partial charge in [0.25, 0.3) is 0 Å². The Labute approximate surface area is 120 Å². The van der Waals surface area contributed by atoms with Crippen molar-refractivity contribution in [3.63, 3.8) is 0 Å². The van der Waals surface area contributed by atoms with Crippen LogP contribution in [0.15, 0.2) is 0 Å². The second-order valence-corrected chi connectivity index (χ2v) is 6.24. The van der Waals surface area contributed by atoms with Gasteiger partial charge in [-0.1, -0.05) is 13.8 Å². The fraction of sp³-hybridized carbons (Fsp3) is 0.667. The van der Waals surface area contributed by atoms with E-state index >= 15 is 0 Å². The summed E-state index contributed by atoms with van der Waals surface area (Å²) in [6, 6.07) is 0. The van der Waals surface area contributed by atoms with Crippen LogP contribution in [-0.4, -0.2) is 44.3 Å². The third kappa shape index (κ3) is 4.61. The maximum Gasteiger partial charge on any atom is 0.213 e.